The van der Waals surface area contributed by atoms with Crippen LogP contribution < -0.4 is 5.32 Å². The zero-order valence-electron chi connectivity index (χ0n) is 17.3. The van der Waals surface area contributed by atoms with E-state index in [1.165, 1.54) is 18.2 Å². The second-order valence-corrected chi connectivity index (χ2v) is 9.65. The van der Waals surface area contributed by atoms with E-state index in [2.05, 4.69) is 5.32 Å². The lowest BCUT2D eigenvalue weighted by atomic mass is 9.88. The van der Waals surface area contributed by atoms with Crippen molar-refractivity contribution in [1.29, 1.82) is 0 Å². The average molecular weight is 463 g/mol. The molecule has 0 aromatic heterocycles. The second kappa shape index (κ2) is 10.3. The molecule has 1 fully saturated rings. The number of likely N-dealkylation sites (tertiary alicyclic amines) is 1. The van der Waals surface area contributed by atoms with Crippen LogP contribution in [0.3, 0.4) is 0 Å². The molecule has 1 aromatic rings. The standard InChI is InChI=1S/C21H29Cl2FN2O4/c1-20(2,30)11-14(7-18(27)28)12-26-5-3-21(24,4-6-26)13-25-19(29)15-8-16(22)10-17(23)9-15/h8-10,14,30H,3-7,11-13H2,1-2H3,(H,25,29)(H,27,28). The normalized spacial score (nSPS) is 18.1. The first-order chi connectivity index (χ1) is 13.8. The van der Waals surface area contributed by atoms with Crippen LogP contribution in [0.15, 0.2) is 18.2 Å². The molecule has 30 heavy (non-hydrogen) atoms. The molecular formula is C21H29Cl2FN2O4. The van der Waals surface area contributed by atoms with E-state index in [-0.39, 0.29) is 37.3 Å². The minimum absolute atomic E-state index is 0.0422. The van der Waals surface area contributed by atoms with Crippen LogP contribution in [0, 0.1) is 5.92 Å². The van der Waals surface area contributed by atoms with Gasteiger partial charge in [-0.1, -0.05) is 23.2 Å². The highest BCUT2D eigenvalue weighted by molar-refractivity contribution is 6.35. The average Bonchev–Trinajstić information content (AvgIpc) is 2.59. The summed E-state index contributed by atoms with van der Waals surface area (Å²) in [5, 5.41) is 22.4. The molecule has 0 radical (unpaired) electrons. The predicted molar refractivity (Wildman–Crippen MR) is 115 cm³/mol. The largest absolute Gasteiger partial charge is 0.481 e. The van der Waals surface area contributed by atoms with Crippen LogP contribution >= 0.6 is 23.2 Å². The van der Waals surface area contributed by atoms with Gasteiger partial charge in [0.2, 0.25) is 0 Å². The SMILES string of the molecule is CC(C)(O)CC(CC(=O)O)CN1CCC(F)(CNC(=O)c2cc(Cl)cc(Cl)c2)CC1. The maximum atomic E-state index is 15.2. The van der Waals surface area contributed by atoms with Crippen molar-refractivity contribution in [3.63, 3.8) is 0 Å². The number of amides is 1. The number of benzene rings is 1. The Labute approximate surface area is 186 Å². The minimum atomic E-state index is -1.53. The number of alkyl halides is 1. The van der Waals surface area contributed by atoms with Gasteiger partial charge >= 0.3 is 5.97 Å². The van der Waals surface area contributed by atoms with Crippen molar-refractivity contribution in [2.45, 2.75) is 50.8 Å². The predicted octanol–water partition coefficient (Wildman–Crippen LogP) is 3.78. The van der Waals surface area contributed by atoms with Gasteiger partial charge in [-0.25, -0.2) is 4.39 Å². The number of rotatable bonds is 9. The molecule has 0 saturated carbocycles. The number of carbonyl (C=O) groups excluding carboxylic acids is 1. The smallest absolute Gasteiger partial charge is 0.303 e. The molecule has 1 aliphatic rings. The van der Waals surface area contributed by atoms with Crippen molar-refractivity contribution in [2.75, 3.05) is 26.2 Å². The first kappa shape index (κ1) is 24.9. The Hall–Kier alpha value is -1.41. The van der Waals surface area contributed by atoms with Gasteiger partial charge in [-0.3, -0.25) is 9.59 Å². The molecule has 2 rings (SSSR count). The zero-order chi connectivity index (χ0) is 22.5. The third-order valence-electron chi connectivity index (χ3n) is 5.21. The molecule has 1 aliphatic heterocycles. The first-order valence-electron chi connectivity index (χ1n) is 9.95. The molecule has 1 amide bonds. The molecular weight excluding hydrogens is 434 g/mol. The van der Waals surface area contributed by atoms with Gasteiger partial charge in [0.05, 0.1) is 12.1 Å². The summed E-state index contributed by atoms with van der Waals surface area (Å²) in [6.07, 6.45) is 0.770. The number of hydrogen-bond acceptors (Lipinski definition) is 4. The molecule has 0 bridgehead atoms. The molecule has 9 heteroatoms. The molecule has 1 saturated heterocycles. The lowest BCUT2D eigenvalue weighted by molar-refractivity contribution is -0.138. The first-order valence-corrected chi connectivity index (χ1v) is 10.7. The number of carboxylic acid groups (broad SMARTS) is 1. The Morgan fingerprint density at radius 1 is 1.23 bits per heavy atom. The van der Waals surface area contributed by atoms with E-state index in [0.29, 0.717) is 36.1 Å². The van der Waals surface area contributed by atoms with Crippen molar-refractivity contribution in [3.05, 3.63) is 33.8 Å². The van der Waals surface area contributed by atoms with Gasteiger partial charge in [0.25, 0.3) is 5.91 Å². The Morgan fingerprint density at radius 2 is 1.80 bits per heavy atom. The summed E-state index contributed by atoms with van der Waals surface area (Å²) < 4.78 is 15.2. The van der Waals surface area contributed by atoms with Gasteiger partial charge in [0, 0.05) is 41.7 Å². The number of hydrogen-bond donors (Lipinski definition) is 3. The molecule has 3 N–H and O–H groups in total. The van der Waals surface area contributed by atoms with Crippen molar-refractivity contribution in [3.8, 4) is 0 Å². The van der Waals surface area contributed by atoms with Crippen LogP contribution in [-0.4, -0.2) is 64.4 Å². The summed E-state index contributed by atoms with van der Waals surface area (Å²) in [5.74, 6) is -1.57. The van der Waals surface area contributed by atoms with Crippen molar-refractivity contribution < 1.29 is 24.2 Å². The number of carboxylic acids is 1. The van der Waals surface area contributed by atoms with Crippen LogP contribution in [-0.2, 0) is 4.79 Å². The monoisotopic (exact) mass is 462 g/mol. The van der Waals surface area contributed by atoms with Gasteiger partial charge < -0.3 is 20.4 Å². The number of aliphatic carboxylic acids is 1. The van der Waals surface area contributed by atoms with Gasteiger partial charge in [-0.2, -0.15) is 0 Å². The van der Waals surface area contributed by atoms with E-state index in [9.17, 15) is 14.7 Å². The zero-order valence-corrected chi connectivity index (χ0v) is 18.8. The molecule has 0 aliphatic carbocycles. The van der Waals surface area contributed by atoms with E-state index in [1.54, 1.807) is 13.8 Å². The number of halogens is 3. The van der Waals surface area contributed by atoms with Gasteiger partial charge in [-0.15, -0.1) is 0 Å². The minimum Gasteiger partial charge on any atom is -0.481 e. The van der Waals surface area contributed by atoms with Crippen molar-refractivity contribution in [1.82, 2.24) is 10.2 Å². The molecule has 0 spiro atoms. The molecule has 168 valence electrons. The Kier molecular flexibility index (Phi) is 8.51. The van der Waals surface area contributed by atoms with Gasteiger partial charge in [-0.05, 0) is 57.2 Å². The lowest BCUT2D eigenvalue weighted by Crippen LogP contribution is -2.49. The maximum Gasteiger partial charge on any atom is 0.303 e. The maximum absolute atomic E-state index is 15.2. The number of nitrogens with zero attached hydrogens (tertiary/aromatic N) is 1. The topological polar surface area (TPSA) is 89.9 Å². The van der Waals surface area contributed by atoms with Gasteiger partial charge in [0.15, 0.2) is 0 Å². The van der Waals surface area contributed by atoms with Crippen LogP contribution in [0.1, 0.15) is 49.9 Å². The third kappa shape index (κ3) is 8.38. The van der Waals surface area contributed by atoms with Crippen LogP contribution in [0.25, 0.3) is 0 Å². The fraction of sp³-hybridized carbons (Fsp3) is 0.619. The number of nitrogens with one attached hydrogen (secondary N) is 1. The highest BCUT2D eigenvalue weighted by atomic mass is 35.5. The number of piperidine rings is 1. The molecule has 1 unspecified atom stereocenters. The quantitative estimate of drug-likeness (QED) is 0.519. The summed E-state index contributed by atoms with van der Waals surface area (Å²) in [4.78, 5) is 25.4. The summed E-state index contributed by atoms with van der Waals surface area (Å²) in [6, 6.07) is 4.46. The Bertz CT molecular complexity index is 742. The number of carbonyl (C=O) groups is 2. The summed E-state index contributed by atoms with van der Waals surface area (Å²) in [5.41, 5.74) is -2.22. The number of aliphatic hydroxyl groups is 1. The van der Waals surface area contributed by atoms with Gasteiger partial charge in [0.1, 0.15) is 5.67 Å². The summed E-state index contributed by atoms with van der Waals surface area (Å²) in [6.45, 7) is 4.58. The second-order valence-electron chi connectivity index (χ2n) is 8.77. The van der Waals surface area contributed by atoms with Crippen molar-refractivity contribution >= 4 is 35.1 Å². The van der Waals surface area contributed by atoms with Crippen LogP contribution in [0.5, 0.6) is 0 Å². The Balaban J connectivity index is 1.86. The van der Waals surface area contributed by atoms with E-state index in [4.69, 9.17) is 28.3 Å². The highest BCUT2D eigenvalue weighted by Gasteiger charge is 2.36. The molecule has 1 aromatic carbocycles. The van der Waals surface area contributed by atoms with E-state index in [0.717, 1.165) is 0 Å². The fourth-order valence-corrected chi connectivity index (χ4v) is 4.38. The summed E-state index contributed by atoms with van der Waals surface area (Å²) >= 11 is 11.8. The fourth-order valence-electron chi connectivity index (χ4n) is 3.86. The molecule has 6 nitrogen and oxygen atoms in total. The van der Waals surface area contributed by atoms with Crippen LogP contribution in [0.2, 0.25) is 10.0 Å². The highest BCUT2D eigenvalue weighted by Crippen LogP contribution is 2.28. The van der Waals surface area contributed by atoms with E-state index >= 15 is 4.39 Å². The Morgan fingerprint density at radius 3 is 2.30 bits per heavy atom. The summed E-state index contributed by atoms with van der Waals surface area (Å²) in [7, 11) is 0. The van der Waals surface area contributed by atoms with E-state index in [1.807, 2.05) is 4.90 Å². The van der Waals surface area contributed by atoms with Crippen molar-refractivity contribution in [2.24, 2.45) is 5.92 Å². The third-order valence-corrected chi connectivity index (χ3v) is 5.65. The molecule has 1 heterocycles. The van der Waals surface area contributed by atoms with E-state index < -0.39 is 23.1 Å². The van der Waals surface area contributed by atoms with Crippen LogP contribution in [0.4, 0.5) is 4.39 Å². The molecule has 1 atom stereocenters. The lowest BCUT2D eigenvalue weighted by Gasteiger charge is -2.38.